The van der Waals surface area contributed by atoms with Crippen LogP contribution < -0.4 is 6.15 Å². The Hall–Kier alpha value is -2.27. The Morgan fingerprint density at radius 3 is 2.35 bits per heavy atom. The molecule has 0 unspecified atom stereocenters. The Morgan fingerprint density at radius 1 is 1.18 bits per heavy atom. The number of aliphatic hydroxyl groups excluding tert-OH is 3. The molecule has 0 aliphatic heterocycles. The topological polar surface area (TPSA) is 197 Å². The van der Waals surface area contributed by atoms with Crippen LogP contribution in [-0.4, -0.2) is 67.9 Å². The lowest BCUT2D eigenvalue weighted by Gasteiger charge is -2.43. The second kappa shape index (κ2) is 13.0. The summed E-state index contributed by atoms with van der Waals surface area (Å²) in [7, 11) is 0. The van der Waals surface area contributed by atoms with E-state index in [1.807, 2.05) is 26.0 Å². The largest absolute Gasteiger partial charge is 0.481 e. The van der Waals surface area contributed by atoms with Gasteiger partial charge in [-0.05, 0) is 36.7 Å². The minimum absolute atomic E-state index is 0. The first-order valence-electron chi connectivity index (χ1n) is 11.6. The third kappa shape index (κ3) is 7.36. The van der Waals surface area contributed by atoms with E-state index in [-0.39, 0.29) is 55.1 Å². The summed E-state index contributed by atoms with van der Waals surface area (Å²) < 4.78 is 5.81. The van der Waals surface area contributed by atoms with Gasteiger partial charge in [-0.1, -0.05) is 39.0 Å². The SMILES string of the molecule is CC[C@H](C)C(=O)O[C@H]1C[C@H](O)C=C2C=C[C@H](C)[C@H](CC[C@@H](O)C[C@@H](O)C(C(=O)O)C(=O)O)[C@H]21.N. The number of allylic oxidation sites excluding steroid dienone is 2. The Kier molecular flexibility index (Phi) is 11.4. The van der Waals surface area contributed by atoms with Crippen molar-refractivity contribution in [3.05, 3.63) is 23.8 Å². The van der Waals surface area contributed by atoms with Gasteiger partial charge in [0.15, 0.2) is 5.92 Å². The highest BCUT2D eigenvalue weighted by Gasteiger charge is 2.42. The molecule has 0 saturated heterocycles. The van der Waals surface area contributed by atoms with Gasteiger partial charge >= 0.3 is 17.9 Å². The number of carboxylic acids is 2. The van der Waals surface area contributed by atoms with Crippen LogP contribution >= 0.6 is 0 Å². The maximum Gasteiger partial charge on any atom is 0.320 e. The van der Waals surface area contributed by atoms with Gasteiger partial charge in [0.25, 0.3) is 0 Å². The molecule has 0 aromatic rings. The molecule has 0 heterocycles. The average molecular weight is 486 g/mol. The molecular weight excluding hydrogens is 446 g/mol. The quantitative estimate of drug-likeness (QED) is 0.186. The number of carbonyl (C=O) groups is 3. The van der Waals surface area contributed by atoms with Crippen LogP contribution in [0.25, 0.3) is 0 Å². The molecule has 8 atom stereocenters. The van der Waals surface area contributed by atoms with Crippen molar-refractivity contribution in [3.8, 4) is 0 Å². The molecule has 0 fully saturated rings. The minimum atomic E-state index is -2.00. The second-order valence-electron chi connectivity index (χ2n) is 9.35. The molecular formula is C24H39NO9. The number of ether oxygens (including phenoxy) is 1. The number of carbonyl (C=O) groups excluding carboxylic acids is 1. The molecule has 0 amide bonds. The number of fused-ring (bicyclic) bond motifs is 1. The van der Waals surface area contributed by atoms with Gasteiger partial charge in [-0.25, -0.2) is 0 Å². The van der Waals surface area contributed by atoms with Gasteiger partial charge in [0, 0.05) is 18.8 Å². The molecule has 10 heteroatoms. The fourth-order valence-corrected chi connectivity index (χ4v) is 4.77. The summed E-state index contributed by atoms with van der Waals surface area (Å²) in [6, 6.07) is 0. The van der Waals surface area contributed by atoms with Gasteiger partial charge in [-0.3, -0.25) is 14.4 Å². The summed E-state index contributed by atoms with van der Waals surface area (Å²) in [5.41, 5.74) is 0.880. The monoisotopic (exact) mass is 485 g/mol. The average Bonchev–Trinajstić information content (AvgIpc) is 2.71. The van der Waals surface area contributed by atoms with Crippen molar-refractivity contribution in [1.82, 2.24) is 6.15 Å². The second-order valence-corrected chi connectivity index (χ2v) is 9.35. The lowest BCUT2D eigenvalue weighted by atomic mass is 9.66. The molecule has 2 aliphatic carbocycles. The van der Waals surface area contributed by atoms with Crippen molar-refractivity contribution in [2.24, 2.45) is 29.6 Å². The molecule has 0 saturated carbocycles. The van der Waals surface area contributed by atoms with Gasteiger partial charge < -0.3 is 36.4 Å². The number of aliphatic hydroxyl groups is 3. The zero-order valence-electron chi connectivity index (χ0n) is 20.0. The first-order valence-corrected chi connectivity index (χ1v) is 11.6. The van der Waals surface area contributed by atoms with Crippen molar-refractivity contribution in [2.45, 2.75) is 77.3 Å². The Labute approximate surface area is 199 Å². The summed E-state index contributed by atoms with van der Waals surface area (Å²) >= 11 is 0. The molecule has 2 rings (SSSR count). The molecule has 2 aliphatic rings. The minimum Gasteiger partial charge on any atom is -0.481 e. The molecule has 0 spiro atoms. The van der Waals surface area contributed by atoms with E-state index >= 15 is 0 Å². The fourth-order valence-electron chi connectivity index (χ4n) is 4.77. The van der Waals surface area contributed by atoms with E-state index in [4.69, 9.17) is 14.9 Å². The van der Waals surface area contributed by atoms with Crippen LogP contribution in [-0.2, 0) is 19.1 Å². The first-order chi connectivity index (χ1) is 15.5. The van der Waals surface area contributed by atoms with Crippen molar-refractivity contribution in [2.75, 3.05) is 0 Å². The molecule has 10 nitrogen and oxygen atoms in total. The van der Waals surface area contributed by atoms with Crippen molar-refractivity contribution < 1.29 is 44.7 Å². The maximum absolute atomic E-state index is 12.5. The predicted molar refractivity (Wildman–Crippen MR) is 123 cm³/mol. The van der Waals surface area contributed by atoms with Crippen LogP contribution in [0.2, 0.25) is 0 Å². The molecule has 0 aromatic heterocycles. The summed E-state index contributed by atoms with van der Waals surface area (Å²) in [4.78, 5) is 34.7. The van der Waals surface area contributed by atoms with Crippen molar-refractivity contribution in [1.29, 1.82) is 0 Å². The predicted octanol–water partition coefficient (Wildman–Crippen LogP) is 1.91. The van der Waals surface area contributed by atoms with Gasteiger partial charge in [-0.15, -0.1) is 0 Å². The lowest BCUT2D eigenvalue weighted by molar-refractivity contribution is -0.162. The molecule has 34 heavy (non-hydrogen) atoms. The third-order valence-electron chi connectivity index (χ3n) is 6.92. The van der Waals surface area contributed by atoms with E-state index in [1.165, 1.54) is 0 Å². The normalized spacial score (nSPS) is 28.7. The van der Waals surface area contributed by atoms with E-state index in [0.717, 1.165) is 5.57 Å². The Balaban J connectivity index is 0.00000578. The highest BCUT2D eigenvalue weighted by molar-refractivity contribution is 5.93. The van der Waals surface area contributed by atoms with Gasteiger partial charge in [0.2, 0.25) is 0 Å². The standard InChI is InChI=1S/C24H36O9.H3N/c1-4-12(2)24(32)33-19-11-16(26)9-14-6-5-13(3)17(20(14)19)8-7-15(25)10-18(27)21(22(28)29)23(30)31;/h5-6,9,12-13,15-21,25-27H,4,7-8,10-11H2,1-3H3,(H,28,29)(H,30,31);1H3/t12-,13-,15+,16+,17-,18+,19-,20-;/m0./s1. The van der Waals surface area contributed by atoms with Crippen molar-refractivity contribution >= 4 is 17.9 Å². The summed E-state index contributed by atoms with van der Waals surface area (Å²) in [6.07, 6.45) is 2.90. The summed E-state index contributed by atoms with van der Waals surface area (Å²) in [6.45, 7) is 5.71. The third-order valence-corrected chi connectivity index (χ3v) is 6.92. The number of esters is 1. The zero-order chi connectivity index (χ0) is 24.9. The highest BCUT2D eigenvalue weighted by atomic mass is 16.5. The molecule has 0 bridgehead atoms. The summed E-state index contributed by atoms with van der Waals surface area (Å²) in [5.74, 6) is -5.98. The van der Waals surface area contributed by atoms with E-state index in [2.05, 4.69) is 0 Å². The molecule has 194 valence electrons. The molecule has 8 N–H and O–H groups in total. The molecule has 0 radical (unpaired) electrons. The van der Waals surface area contributed by atoms with Crippen LogP contribution in [0.1, 0.15) is 52.9 Å². The number of carboxylic acid groups (broad SMARTS) is 2. The first kappa shape index (κ1) is 29.8. The number of hydrogen-bond donors (Lipinski definition) is 6. The van der Waals surface area contributed by atoms with E-state index in [9.17, 15) is 29.7 Å². The highest BCUT2D eigenvalue weighted by Crippen LogP contribution is 2.44. The van der Waals surface area contributed by atoms with Crippen molar-refractivity contribution in [3.63, 3.8) is 0 Å². The van der Waals surface area contributed by atoms with E-state index in [1.54, 1.807) is 13.0 Å². The van der Waals surface area contributed by atoms with Crippen LogP contribution in [0.3, 0.4) is 0 Å². The smallest absolute Gasteiger partial charge is 0.320 e. The number of hydrogen-bond acceptors (Lipinski definition) is 8. The van der Waals surface area contributed by atoms with Gasteiger partial charge in [0.05, 0.1) is 24.2 Å². The Morgan fingerprint density at radius 2 is 1.79 bits per heavy atom. The maximum atomic E-state index is 12.5. The summed E-state index contributed by atoms with van der Waals surface area (Å²) in [5, 5.41) is 48.7. The van der Waals surface area contributed by atoms with Crippen LogP contribution in [0, 0.1) is 29.6 Å². The Bertz CT molecular complexity index is 766. The van der Waals surface area contributed by atoms with Crippen LogP contribution in [0.5, 0.6) is 0 Å². The fraction of sp³-hybridized carbons (Fsp3) is 0.708. The van der Waals surface area contributed by atoms with Crippen LogP contribution in [0.15, 0.2) is 23.8 Å². The van der Waals surface area contributed by atoms with E-state index in [0.29, 0.717) is 12.8 Å². The van der Waals surface area contributed by atoms with Gasteiger partial charge in [-0.2, -0.15) is 0 Å². The van der Waals surface area contributed by atoms with Gasteiger partial charge in [0.1, 0.15) is 6.10 Å². The number of rotatable bonds is 11. The number of aliphatic carboxylic acids is 2. The lowest BCUT2D eigenvalue weighted by Crippen LogP contribution is -2.43. The van der Waals surface area contributed by atoms with E-state index < -0.39 is 42.3 Å². The molecule has 0 aromatic carbocycles. The zero-order valence-corrected chi connectivity index (χ0v) is 20.0. The van der Waals surface area contributed by atoms with Crippen LogP contribution in [0.4, 0.5) is 0 Å².